The molecule has 6 heterocycles. The molecule has 10 aromatic rings. The minimum Gasteiger partial charge on any atom is -0.478 e. The van der Waals surface area contributed by atoms with E-state index < -0.39 is 43.6 Å². The lowest BCUT2D eigenvalue weighted by molar-refractivity contribution is -0.385. The second kappa shape index (κ2) is 38.4. The van der Waals surface area contributed by atoms with Crippen molar-refractivity contribution in [1.29, 1.82) is 0 Å². The largest absolute Gasteiger partial charge is 0.478 e. The van der Waals surface area contributed by atoms with E-state index in [-0.39, 0.29) is 45.0 Å². The summed E-state index contributed by atoms with van der Waals surface area (Å²) in [6.07, 6.45) is 33.7. The number of nitro groups is 4. The van der Waals surface area contributed by atoms with Crippen LogP contribution >= 0.6 is 0 Å². The molecule has 10 rings (SSSR count). The van der Waals surface area contributed by atoms with E-state index in [0.29, 0.717) is 0 Å². The number of hydrogen-bond acceptors (Lipinski definition) is 18. The molecule has 0 aliphatic rings. The van der Waals surface area contributed by atoms with Gasteiger partial charge >= 0.3 is 23.9 Å². The molecule has 452 valence electrons. The third-order valence-corrected chi connectivity index (χ3v) is 10.9. The van der Waals surface area contributed by atoms with Gasteiger partial charge in [-0.25, -0.2) is 19.2 Å². The molecule has 0 saturated heterocycles. The average Bonchev–Trinajstić information content (AvgIpc) is 3.58. The summed E-state index contributed by atoms with van der Waals surface area (Å²) in [6, 6.07) is 42.4. The minimum absolute atomic E-state index is 0.0422. The average molecular weight is 1220 g/mol. The van der Waals surface area contributed by atoms with Crippen LogP contribution in [-0.4, -0.2) is 93.9 Å². The summed E-state index contributed by atoms with van der Waals surface area (Å²) in [4.78, 5) is 103. The van der Waals surface area contributed by atoms with Gasteiger partial charge < -0.3 is 20.4 Å². The summed E-state index contributed by atoms with van der Waals surface area (Å²) in [6.45, 7) is 0. The fourth-order valence-corrected chi connectivity index (χ4v) is 6.33. The maximum Gasteiger partial charge on any atom is 0.335 e. The lowest BCUT2D eigenvalue weighted by Crippen LogP contribution is -1.96. The second-order valence-electron chi connectivity index (χ2n) is 17.1. The zero-order valence-electron chi connectivity index (χ0n) is 46.7. The summed E-state index contributed by atoms with van der Waals surface area (Å²) in [5.41, 5.74) is 6.62. The van der Waals surface area contributed by atoms with E-state index in [4.69, 9.17) is 20.4 Å². The molecule has 26 heteroatoms. The molecule has 0 unspecified atom stereocenters. The van der Waals surface area contributed by atoms with Crippen LogP contribution in [0.3, 0.4) is 0 Å². The molecule has 0 bridgehead atoms. The highest BCUT2D eigenvalue weighted by atomic mass is 16.6. The van der Waals surface area contributed by atoms with E-state index in [9.17, 15) is 59.6 Å². The molecule has 0 saturated carbocycles. The van der Waals surface area contributed by atoms with Crippen molar-refractivity contribution in [3.05, 3.63) is 340 Å². The molecule has 4 aromatic carbocycles. The number of carboxylic acid groups (broad SMARTS) is 4. The minimum atomic E-state index is -1.09. The first-order valence-corrected chi connectivity index (χ1v) is 25.6. The van der Waals surface area contributed by atoms with E-state index in [2.05, 4.69) is 66.4 Å². The van der Waals surface area contributed by atoms with Gasteiger partial charge in [-0.05, 0) is 155 Å². The van der Waals surface area contributed by atoms with Crippen LogP contribution in [0.25, 0.3) is 36.5 Å². The number of carboxylic acids is 4. The molecule has 26 nitrogen and oxygen atoms in total. The summed E-state index contributed by atoms with van der Waals surface area (Å²) >= 11 is 0. The Morgan fingerprint density at radius 2 is 0.367 bits per heavy atom. The number of aromatic nitrogens is 6. The fourth-order valence-electron chi connectivity index (χ4n) is 6.33. The maximum atomic E-state index is 10.3. The van der Waals surface area contributed by atoms with Crippen LogP contribution in [0.4, 0.5) is 22.7 Å². The van der Waals surface area contributed by atoms with Crippen molar-refractivity contribution < 1.29 is 59.3 Å². The molecule has 0 fully saturated rings. The van der Waals surface area contributed by atoms with Gasteiger partial charge in [-0.3, -0.25) is 70.4 Å². The number of carbonyl (C=O) groups is 4. The van der Waals surface area contributed by atoms with E-state index in [1.807, 2.05) is 72.8 Å². The van der Waals surface area contributed by atoms with Gasteiger partial charge in [0.2, 0.25) is 0 Å². The maximum absolute atomic E-state index is 10.3. The van der Waals surface area contributed by atoms with Gasteiger partial charge in [0, 0.05) is 123 Å². The third-order valence-electron chi connectivity index (χ3n) is 10.9. The number of aromatic carboxylic acids is 4. The molecule has 6 aromatic heterocycles. The van der Waals surface area contributed by atoms with Crippen molar-refractivity contribution in [3.63, 3.8) is 0 Å². The van der Waals surface area contributed by atoms with E-state index in [1.165, 1.54) is 48.5 Å². The van der Waals surface area contributed by atoms with Gasteiger partial charge in [-0.1, -0.05) is 36.5 Å². The SMILES string of the molecule is C(=C\c1ccncc1)/c1ccncc1.C(=C\c1ccncc1)/c1ccncc1.C(=C\c1ccncc1)/c1ccncc1.O=C(O)c1ccc([N+](=O)[O-])cc1.O=C(O)c1ccc([N+](=O)[O-])cc1.O=C(O)c1ccc([N+](=O)[O-])cc1.O=C(O)c1ccc([N+](=O)[O-])cc1. The van der Waals surface area contributed by atoms with Crippen molar-refractivity contribution in [3.8, 4) is 0 Å². The molecule has 0 amide bonds. The number of benzene rings is 4. The van der Waals surface area contributed by atoms with Gasteiger partial charge in [-0.2, -0.15) is 0 Å². The van der Waals surface area contributed by atoms with Crippen molar-refractivity contribution in [1.82, 2.24) is 29.9 Å². The predicted octanol–water partition coefficient (Wildman–Crippen LogP) is 13.1. The Hall–Kier alpha value is -13.5. The van der Waals surface area contributed by atoms with Crippen LogP contribution in [0, 0.1) is 40.5 Å². The zero-order chi connectivity index (χ0) is 65.5. The normalized spacial score (nSPS) is 9.91. The van der Waals surface area contributed by atoms with Gasteiger partial charge in [-0.15, -0.1) is 0 Å². The molecule has 0 radical (unpaired) electrons. The second-order valence-corrected chi connectivity index (χ2v) is 17.1. The van der Waals surface area contributed by atoms with Gasteiger partial charge in [0.15, 0.2) is 0 Å². The lowest BCUT2D eigenvalue weighted by Gasteiger charge is -1.92. The fraction of sp³-hybridized carbons (Fsp3) is 0. The predicted molar refractivity (Wildman–Crippen MR) is 332 cm³/mol. The molecular weight excluding hydrogens is 1160 g/mol. The van der Waals surface area contributed by atoms with Crippen molar-refractivity contribution in [2.24, 2.45) is 0 Å². The van der Waals surface area contributed by atoms with Crippen LogP contribution in [0.1, 0.15) is 74.8 Å². The first kappa shape index (κ1) is 69.0. The number of pyridine rings is 6. The summed E-state index contributed by atoms with van der Waals surface area (Å²) < 4.78 is 0. The van der Waals surface area contributed by atoms with Crippen LogP contribution in [-0.2, 0) is 0 Å². The summed E-state index contributed by atoms with van der Waals surface area (Å²) in [7, 11) is 0. The molecule has 0 aliphatic carbocycles. The molecule has 0 atom stereocenters. The van der Waals surface area contributed by atoms with Crippen LogP contribution in [0.15, 0.2) is 244 Å². The monoisotopic (exact) mass is 1210 g/mol. The Labute approximate surface area is 510 Å². The van der Waals surface area contributed by atoms with E-state index in [0.717, 1.165) is 81.9 Å². The topological polar surface area (TPSA) is 399 Å². The van der Waals surface area contributed by atoms with Crippen LogP contribution in [0.5, 0.6) is 0 Å². The Balaban J connectivity index is 0.000000225. The lowest BCUT2D eigenvalue weighted by atomic mass is 10.2. The number of non-ortho nitro benzene ring substituents is 4. The Morgan fingerprint density at radius 1 is 0.244 bits per heavy atom. The molecule has 4 N–H and O–H groups in total. The number of rotatable bonds is 14. The smallest absolute Gasteiger partial charge is 0.335 e. The highest BCUT2D eigenvalue weighted by Crippen LogP contribution is 2.15. The Bertz CT molecular complexity index is 3240. The first-order chi connectivity index (χ1) is 43.3. The van der Waals surface area contributed by atoms with Gasteiger partial charge in [0.05, 0.1) is 41.9 Å². The quantitative estimate of drug-likeness (QED) is 0.0580. The molecular formula is C64H50N10O16. The summed E-state index contributed by atoms with van der Waals surface area (Å²) in [5, 5.41) is 74.3. The van der Waals surface area contributed by atoms with Crippen molar-refractivity contribution >= 4 is 83.1 Å². The Kier molecular flexibility index (Phi) is 29.4. The molecule has 0 spiro atoms. The van der Waals surface area contributed by atoms with E-state index in [1.54, 1.807) is 74.4 Å². The molecule has 0 aliphatic heterocycles. The molecule has 90 heavy (non-hydrogen) atoms. The third kappa shape index (κ3) is 27.3. The summed E-state index contributed by atoms with van der Waals surface area (Å²) in [5.74, 6) is -4.37. The number of nitrogens with zero attached hydrogens (tertiary/aromatic N) is 10. The van der Waals surface area contributed by atoms with Gasteiger partial charge in [0.25, 0.3) is 22.7 Å². The standard InChI is InChI=1S/3C12H10N2.4C7H5NO4/c3*1(11-3-7-13-8-4-11)2-12-5-9-14-10-6-12;4*9-7(10)5-1-3-6(4-2-5)8(11)12/h3*1-10H;4*1-4H,(H,9,10)/b3*2-1+;;;;. The number of nitro benzene ring substituents is 4. The highest BCUT2D eigenvalue weighted by Gasteiger charge is 2.10. The van der Waals surface area contributed by atoms with E-state index >= 15 is 0 Å². The number of hydrogen-bond donors (Lipinski definition) is 4. The zero-order valence-corrected chi connectivity index (χ0v) is 46.7. The Morgan fingerprint density at radius 3 is 0.467 bits per heavy atom. The first-order valence-electron chi connectivity index (χ1n) is 25.6. The van der Waals surface area contributed by atoms with Crippen molar-refractivity contribution in [2.45, 2.75) is 0 Å². The highest BCUT2D eigenvalue weighted by molar-refractivity contribution is 5.89. The van der Waals surface area contributed by atoms with Crippen molar-refractivity contribution in [2.75, 3.05) is 0 Å². The van der Waals surface area contributed by atoms with Crippen LogP contribution in [0.2, 0.25) is 0 Å². The van der Waals surface area contributed by atoms with Gasteiger partial charge in [0.1, 0.15) is 0 Å². The van der Waals surface area contributed by atoms with Crippen LogP contribution < -0.4 is 0 Å².